The molecule has 1 aromatic heterocycles. The van der Waals surface area contributed by atoms with Gasteiger partial charge in [-0.2, -0.15) is 10.3 Å². The van der Waals surface area contributed by atoms with Crippen molar-refractivity contribution in [2.24, 2.45) is 0 Å². The van der Waals surface area contributed by atoms with Gasteiger partial charge in [0.25, 0.3) is 0 Å². The van der Waals surface area contributed by atoms with Gasteiger partial charge < -0.3 is 14.4 Å². The summed E-state index contributed by atoms with van der Waals surface area (Å²) in [5.74, 6) is -0.575. The second kappa shape index (κ2) is 7.51. The summed E-state index contributed by atoms with van der Waals surface area (Å²) in [6, 6.07) is -0.259. The van der Waals surface area contributed by atoms with Crippen LogP contribution in [0.25, 0.3) is 0 Å². The molecule has 0 aromatic carbocycles. The van der Waals surface area contributed by atoms with Crippen LogP contribution < -0.4 is 0 Å². The van der Waals surface area contributed by atoms with Gasteiger partial charge in [0.15, 0.2) is 5.69 Å². The molecule has 1 saturated heterocycles. The molecule has 1 amide bonds. The number of carbonyl (C=O) groups excluding carboxylic acids is 2. The molecule has 1 aliphatic heterocycles. The van der Waals surface area contributed by atoms with Crippen molar-refractivity contribution >= 4 is 11.9 Å². The Bertz CT molecular complexity index is 624. The zero-order valence-electron chi connectivity index (χ0n) is 14.9. The lowest BCUT2D eigenvalue weighted by atomic mass is 10.1. The molecule has 1 unspecified atom stereocenters. The van der Waals surface area contributed by atoms with Gasteiger partial charge in [0.05, 0.1) is 18.2 Å². The number of ether oxygens (including phenoxy) is 2. The molecule has 1 N–H and O–H groups in total. The summed E-state index contributed by atoms with van der Waals surface area (Å²) < 4.78 is 10.9. The van der Waals surface area contributed by atoms with Gasteiger partial charge in [-0.15, -0.1) is 5.10 Å². The lowest BCUT2D eigenvalue weighted by molar-refractivity contribution is -0.143. The van der Waals surface area contributed by atoms with Gasteiger partial charge in [-0.1, -0.05) is 12.8 Å². The standard InChI is InChI=1S/C17H26N4O4/c1-3-24-16(23)15-14(18-20-19-15)12-7-6-10-21(12)13(22)11-25-17(2)8-4-5-9-17/h12H,3-11H2,1-2H3,(H,18,19,20). The first-order valence-electron chi connectivity index (χ1n) is 9.05. The zero-order valence-corrected chi connectivity index (χ0v) is 14.9. The highest BCUT2D eigenvalue weighted by molar-refractivity contribution is 5.88. The minimum atomic E-state index is -0.514. The fourth-order valence-corrected chi connectivity index (χ4v) is 3.76. The van der Waals surface area contributed by atoms with E-state index in [1.807, 2.05) is 0 Å². The Hall–Kier alpha value is -1.96. The van der Waals surface area contributed by atoms with Crippen molar-refractivity contribution in [1.29, 1.82) is 0 Å². The smallest absolute Gasteiger partial charge is 0.360 e. The Kier molecular flexibility index (Phi) is 5.36. The number of nitrogens with zero attached hydrogens (tertiary/aromatic N) is 3. The molecular formula is C17H26N4O4. The number of hydrogen-bond acceptors (Lipinski definition) is 6. The number of aromatic amines is 1. The first kappa shape index (κ1) is 17.8. The monoisotopic (exact) mass is 350 g/mol. The highest BCUT2D eigenvalue weighted by Gasteiger charge is 2.37. The molecule has 0 spiro atoms. The van der Waals surface area contributed by atoms with Gasteiger partial charge in [0.1, 0.15) is 12.3 Å². The molecule has 1 saturated carbocycles. The number of esters is 1. The van der Waals surface area contributed by atoms with E-state index >= 15 is 0 Å². The average Bonchev–Trinajstić information content (AvgIpc) is 3.32. The summed E-state index contributed by atoms with van der Waals surface area (Å²) in [7, 11) is 0. The average molecular weight is 350 g/mol. The molecule has 2 heterocycles. The second-order valence-electron chi connectivity index (χ2n) is 6.97. The predicted molar refractivity (Wildman–Crippen MR) is 88.9 cm³/mol. The van der Waals surface area contributed by atoms with Crippen LogP contribution in [-0.4, -0.2) is 57.5 Å². The highest BCUT2D eigenvalue weighted by atomic mass is 16.5. The summed E-state index contributed by atoms with van der Waals surface area (Å²) >= 11 is 0. The number of aromatic nitrogens is 3. The second-order valence-corrected chi connectivity index (χ2v) is 6.97. The molecule has 2 fully saturated rings. The summed E-state index contributed by atoms with van der Waals surface area (Å²) in [6.45, 7) is 4.79. The molecule has 8 nitrogen and oxygen atoms in total. The van der Waals surface area contributed by atoms with Crippen LogP contribution in [-0.2, 0) is 14.3 Å². The Labute approximate surface area is 147 Å². The van der Waals surface area contributed by atoms with E-state index in [1.54, 1.807) is 11.8 Å². The van der Waals surface area contributed by atoms with Crippen molar-refractivity contribution in [2.75, 3.05) is 19.8 Å². The maximum absolute atomic E-state index is 12.7. The van der Waals surface area contributed by atoms with Crippen molar-refractivity contribution in [1.82, 2.24) is 20.3 Å². The van der Waals surface area contributed by atoms with Crippen LogP contribution in [0, 0.1) is 0 Å². The zero-order chi connectivity index (χ0) is 17.9. The van der Waals surface area contributed by atoms with E-state index in [0.29, 0.717) is 12.2 Å². The number of nitrogens with one attached hydrogen (secondary N) is 1. The van der Waals surface area contributed by atoms with Crippen LogP contribution in [0.1, 0.15) is 74.6 Å². The van der Waals surface area contributed by atoms with Crippen molar-refractivity contribution in [3.8, 4) is 0 Å². The highest BCUT2D eigenvalue weighted by Crippen LogP contribution is 2.34. The molecule has 3 rings (SSSR count). The lowest BCUT2D eigenvalue weighted by Gasteiger charge is -2.28. The Morgan fingerprint density at radius 2 is 2.04 bits per heavy atom. The van der Waals surface area contributed by atoms with E-state index in [-0.39, 0.29) is 36.5 Å². The molecule has 0 radical (unpaired) electrons. The molecule has 8 heteroatoms. The lowest BCUT2D eigenvalue weighted by Crippen LogP contribution is -2.37. The van der Waals surface area contributed by atoms with Gasteiger partial charge in [0.2, 0.25) is 5.91 Å². The van der Waals surface area contributed by atoms with Gasteiger partial charge >= 0.3 is 5.97 Å². The van der Waals surface area contributed by atoms with Crippen LogP contribution in [0.15, 0.2) is 0 Å². The third kappa shape index (κ3) is 3.84. The third-order valence-electron chi connectivity index (χ3n) is 5.14. The Morgan fingerprint density at radius 3 is 2.76 bits per heavy atom. The molecule has 25 heavy (non-hydrogen) atoms. The van der Waals surface area contributed by atoms with E-state index in [1.165, 1.54) is 0 Å². The number of H-pyrrole nitrogens is 1. The fourth-order valence-electron chi connectivity index (χ4n) is 3.76. The SMILES string of the molecule is CCOC(=O)c1n[nH]nc1C1CCCN1C(=O)COC1(C)CCCC1. The number of hydrogen-bond donors (Lipinski definition) is 1. The molecule has 1 aliphatic carbocycles. The molecule has 2 aliphatic rings. The predicted octanol–water partition coefficient (Wildman–Crippen LogP) is 1.99. The summed E-state index contributed by atoms with van der Waals surface area (Å²) in [6.07, 6.45) is 5.92. The van der Waals surface area contributed by atoms with Gasteiger partial charge in [0, 0.05) is 6.54 Å². The number of likely N-dealkylation sites (tertiary alicyclic amines) is 1. The van der Waals surface area contributed by atoms with Crippen LogP contribution >= 0.6 is 0 Å². The van der Waals surface area contributed by atoms with Crippen molar-refractivity contribution in [3.05, 3.63) is 11.4 Å². The van der Waals surface area contributed by atoms with E-state index < -0.39 is 5.97 Å². The van der Waals surface area contributed by atoms with Gasteiger partial charge in [-0.25, -0.2) is 4.79 Å². The number of rotatable bonds is 6. The van der Waals surface area contributed by atoms with Crippen molar-refractivity contribution < 1.29 is 19.1 Å². The first-order chi connectivity index (χ1) is 12.0. The minimum Gasteiger partial charge on any atom is -0.461 e. The van der Waals surface area contributed by atoms with E-state index in [4.69, 9.17) is 9.47 Å². The van der Waals surface area contributed by atoms with Crippen LogP contribution in [0.2, 0.25) is 0 Å². The normalized spacial score (nSPS) is 22.3. The quantitative estimate of drug-likeness (QED) is 0.788. The molecule has 1 atom stereocenters. The summed E-state index contributed by atoms with van der Waals surface area (Å²) in [5, 5.41) is 10.5. The summed E-state index contributed by atoms with van der Waals surface area (Å²) in [4.78, 5) is 26.5. The van der Waals surface area contributed by atoms with Crippen LogP contribution in [0.5, 0.6) is 0 Å². The minimum absolute atomic E-state index is 0.0616. The van der Waals surface area contributed by atoms with Crippen molar-refractivity contribution in [3.63, 3.8) is 0 Å². The topological polar surface area (TPSA) is 97.4 Å². The van der Waals surface area contributed by atoms with Gasteiger partial charge in [-0.3, -0.25) is 4.79 Å². The van der Waals surface area contributed by atoms with Gasteiger partial charge in [-0.05, 0) is 39.5 Å². The maximum Gasteiger partial charge on any atom is 0.360 e. The Balaban J connectivity index is 1.67. The van der Waals surface area contributed by atoms with E-state index in [0.717, 1.165) is 38.5 Å². The van der Waals surface area contributed by atoms with E-state index in [9.17, 15) is 9.59 Å². The molecule has 0 bridgehead atoms. The van der Waals surface area contributed by atoms with Crippen LogP contribution in [0.4, 0.5) is 0 Å². The number of amides is 1. The number of carbonyl (C=O) groups is 2. The molecular weight excluding hydrogens is 324 g/mol. The molecule has 138 valence electrons. The first-order valence-corrected chi connectivity index (χ1v) is 9.05. The van der Waals surface area contributed by atoms with E-state index in [2.05, 4.69) is 22.3 Å². The summed E-state index contributed by atoms with van der Waals surface area (Å²) in [5.41, 5.74) is 0.459. The third-order valence-corrected chi connectivity index (χ3v) is 5.14. The largest absolute Gasteiger partial charge is 0.461 e. The molecule has 1 aromatic rings. The maximum atomic E-state index is 12.7. The fraction of sp³-hybridized carbons (Fsp3) is 0.765. The Morgan fingerprint density at radius 1 is 1.28 bits per heavy atom. The van der Waals surface area contributed by atoms with Crippen molar-refractivity contribution in [2.45, 2.75) is 64.0 Å². The van der Waals surface area contributed by atoms with Crippen LogP contribution in [0.3, 0.4) is 0 Å².